The third-order valence-electron chi connectivity index (χ3n) is 6.22. The fraction of sp³-hybridized carbons (Fsp3) is 0.750. The number of likely N-dealkylation sites (tertiary alicyclic amines) is 2. The molecule has 0 N–H and O–H groups in total. The maximum atomic E-state index is 13.0. The average molecular weight is 346 g/mol. The topological polar surface area (TPSA) is 45.9 Å². The van der Waals surface area contributed by atoms with Crippen LogP contribution >= 0.6 is 0 Å². The molecular formula is C20H30N2O3. The SMILES string of the molecule is CCOC(=O)[C@]12CCCN(CC3CC3)C[C@H]1CN(Cc1ccoc1)C2. The van der Waals surface area contributed by atoms with E-state index in [0.717, 1.165) is 51.5 Å². The van der Waals surface area contributed by atoms with E-state index in [1.54, 1.807) is 6.26 Å². The van der Waals surface area contributed by atoms with Gasteiger partial charge < -0.3 is 14.1 Å². The van der Waals surface area contributed by atoms with Crippen LogP contribution in [0.3, 0.4) is 0 Å². The maximum Gasteiger partial charge on any atom is 0.313 e. The Morgan fingerprint density at radius 2 is 2.20 bits per heavy atom. The Morgan fingerprint density at radius 3 is 2.92 bits per heavy atom. The van der Waals surface area contributed by atoms with Gasteiger partial charge in [0.1, 0.15) is 0 Å². The molecule has 3 aliphatic rings. The third kappa shape index (κ3) is 3.63. The molecule has 3 fully saturated rings. The minimum atomic E-state index is -0.321. The van der Waals surface area contributed by atoms with Crippen molar-refractivity contribution in [3.63, 3.8) is 0 Å². The van der Waals surface area contributed by atoms with Gasteiger partial charge in [-0.25, -0.2) is 0 Å². The zero-order valence-electron chi connectivity index (χ0n) is 15.3. The zero-order valence-corrected chi connectivity index (χ0v) is 15.3. The second-order valence-electron chi connectivity index (χ2n) is 8.18. The second kappa shape index (κ2) is 7.12. The van der Waals surface area contributed by atoms with Crippen molar-refractivity contribution in [2.45, 2.75) is 39.2 Å². The Kier molecular flexibility index (Phi) is 4.87. The van der Waals surface area contributed by atoms with Crippen molar-refractivity contribution in [3.8, 4) is 0 Å². The largest absolute Gasteiger partial charge is 0.472 e. The molecule has 138 valence electrons. The molecule has 0 bridgehead atoms. The maximum absolute atomic E-state index is 13.0. The van der Waals surface area contributed by atoms with Crippen LogP contribution in [0.4, 0.5) is 0 Å². The van der Waals surface area contributed by atoms with Crippen molar-refractivity contribution < 1.29 is 13.9 Å². The average Bonchev–Trinajstić information content (AvgIpc) is 3.18. The quantitative estimate of drug-likeness (QED) is 0.741. The lowest BCUT2D eigenvalue weighted by Gasteiger charge is -2.31. The molecule has 1 aliphatic carbocycles. The number of furan rings is 1. The molecule has 2 aliphatic heterocycles. The monoisotopic (exact) mass is 346 g/mol. The van der Waals surface area contributed by atoms with Gasteiger partial charge >= 0.3 is 5.97 Å². The van der Waals surface area contributed by atoms with Crippen LogP contribution in [-0.4, -0.2) is 55.1 Å². The Balaban J connectivity index is 1.51. The van der Waals surface area contributed by atoms with Crippen LogP contribution in [0.5, 0.6) is 0 Å². The molecule has 1 aromatic heterocycles. The molecule has 0 spiro atoms. The number of hydrogen-bond acceptors (Lipinski definition) is 5. The molecule has 3 heterocycles. The highest BCUT2D eigenvalue weighted by molar-refractivity contribution is 5.78. The van der Waals surface area contributed by atoms with Crippen LogP contribution in [0.15, 0.2) is 23.0 Å². The summed E-state index contributed by atoms with van der Waals surface area (Å²) in [6.45, 7) is 8.43. The highest BCUT2D eigenvalue weighted by Gasteiger charge is 2.54. The minimum Gasteiger partial charge on any atom is -0.472 e. The smallest absolute Gasteiger partial charge is 0.313 e. The van der Waals surface area contributed by atoms with Gasteiger partial charge in [-0.3, -0.25) is 9.69 Å². The first-order chi connectivity index (χ1) is 12.2. The van der Waals surface area contributed by atoms with Crippen molar-refractivity contribution in [3.05, 3.63) is 24.2 Å². The zero-order chi connectivity index (χ0) is 17.3. The van der Waals surface area contributed by atoms with Crippen LogP contribution in [0.2, 0.25) is 0 Å². The number of hydrogen-bond donors (Lipinski definition) is 0. The number of nitrogens with zero attached hydrogens (tertiary/aromatic N) is 2. The number of rotatable bonds is 6. The summed E-state index contributed by atoms with van der Waals surface area (Å²) in [7, 11) is 0. The molecule has 1 aromatic rings. The van der Waals surface area contributed by atoms with Gasteiger partial charge in [0.05, 0.1) is 24.5 Å². The highest BCUT2D eigenvalue weighted by Crippen LogP contribution is 2.44. The summed E-state index contributed by atoms with van der Waals surface area (Å²) in [4.78, 5) is 18.0. The third-order valence-corrected chi connectivity index (χ3v) is 6.22. The molecule has 1 saturated carbocycles. The summed E-state index contributed by atoms with van der Waals surface area (Å²) in [5, 5.41) is 0. The normalized spacial score (nSPS) is 30.8. The van der Waals surface area contributed by atoms with E-state index < -0.39 is 0 Å². The van der Waals surface area contributed by atoms with Gasteiger partial charge in [-0.1, -0.05) is 0 Å². The van der Waals surface area contributed by atoms with Crippen molar-refractivity contribution in [2.24, 2.45) is 17.3 Å². The summed E-state index contributed by atoms with van der Waals surface area (Å²) < 4.78 is 10.8. The second-order valence-corrected chi connectivity index (χ2v) is 8.18. The fourth-order valence-corrected chi connectivity index (χ4v) is 4.82. The molecule has 0 amide bonds. The molecule has 0 unspecified atom stereocenters. The number of carbonyl (C=O) groups is 1. The van der Waals surface area contributed by atoms with E-state index in [1.165, 1.54) is 24.9 Å². The van der Waals surface area contributed by atoms with E-state index in [0.29, 0.717) is 12.5 Å². The standard InChI is InChI=1S/C20H30N2O3/c1-2-25-19(23)20-7-3-8-21(10-16-4-5-16)12-18(20)13-22(15-20)11-17-6-9-24-14-17/h6,9,14,16,18H,2-5,7-8,10-13,15H2,1H3/t18-,20-/m0/s1. The van der Waals surface area contributed by atoms with Gasteiger partial charge in [0.25, 0.3) is 0 Å². The highest BCUT2D eigenvalue weighted by atomic mass is 16.5. The molecule has 2 atom stereocenters. The number of ether oxygens (including phenoxy) is 1. The van der Waals surface area contributed by atoms with E-state index in [-0.39, 0.29) is 11.4 Å². The number of carbonyl (C=O) groups excluding carboxylic acids is 1. The lowest BCUT2D eigenvalue weighted by atomic mass is 9.75. The Bertz CT molecular complexity index is 584. The van der Waals surface area contributed by atoms with E-state index in [1.807, 2.05) is 19.3 Å². The van der Waals surface area contributed by atoms with Gasteiger partial charge in [-0.15, -0.1) is 0 Å². The Morgan fingerprint density at radius 1 is 1.36 bits per heavy atom. The van der Waals surface area contributed by atoms with Crippen LogP contribution in [0.25, 0.3) is 0 Å². The van der Waals surface area contributed by atoms with Gasteiger partial charge in [-0.2, -0.15) is 0 Å². The van der Waals surface area contributed by atoms with Crippen LogP contribution in [0.1, 0.15) is 38.2 Å². The first-order valence-corrected chi connectivity index (χ1v) is 9.82. The number of fused-ring (bicyclic) bond motifs is 1. The van der Waals surface area contributed by atoms with Crippen molar-refractivity contribution >= 4 is 5.97 Å². The molecule has 0 aromatic carbocycles. The molecule has 5 nitrogen and oxygen atoms in total. The summed E-state index contributed by atoms with van der Waals surface area (Å²) in [5.41, 5.74) is 0.864. The van der Waals surface area contributed by atoms with Crippen LogP contribution in [-0.2, 0) is 16.1 Å². The molecule has 25 heavy (non-hydrogen) atoms. The minimum absolute atomic E-state index is 0.0305. The lowest BCUT2D eigenvalue weighted by molar-refractivity contribution is -0.157. The van der Waals surface area contributed by atoms with Crippen molar-refractivity contribution in [1.29, 1.82) is 0 Å². The van der Waals surface area contributed by atoms with Gasteiger partial charge in [0.2, 0.25) is 0 Å². The first-order valence-electron chi connectivity index (χ1n) is 9.82. The first kappa shape index (κ1) is 17.1. The van der Waals surface area contributed by atoms with Gasteiger partial charge in [-0.05, 0) is 51.1 Å². The predicted octanol–water partition coefficient (Wildman–Crippen LogP) is 2.77. The fourth-order valence-electron chi connectivity index (χ4n) is 4.82. The Hall–Kier alpha value is -1.33. The van der Waals surface area contributed by atoms with Crippen molar-refractivity contribution in [1.82, 2.24) is 9.80 Å². The summed E-state index contributed by atoms with van der Waals surface area (Å²) in [6, 6.07) is 2.02. The van der Waals surface area contributed by atoms with E-state index >= 15 is 0 Å². The van der Waals surface area contributed by atoms with Crippen molar-refractivity contribution in [2.75, 3.05) is 39.3 Å². The molecule has 2 saturated heterocycles. The molecular weight excluding hydrogens is 316 g/mol. The van der Waals surface area contributed by atoms with E-state index in [2.05, 4.69) is 9.80 Å². The predicted molar refractivity (Wildman–Crippen MR) is 94.9 cm³/mol. The van der Waals surface area contributed by atoms with E-state index in [9.17, 15) is 4.79 Å². The van der Waals surface area contributed by atoms with Gasteiger partial charge in [0.15, 0.2) is 0 Å². The molecule has 0 radical (unpaired) electrons. The lowest BCUT2D eigenvalue weighted by Crippen LogP contribution is -2.42. The summed E-state index contributed by atoms with van der Waals surface area (Å²) in [6.07, 6.45) is 8.36. The van der Waals surface area contributed by atoms with Gasteiger partial charge in [0, 0.05) is 44.2 Å². The van der Waals surface area contributed by atoms with E-state index in [4.69, 9.17) is 9.15 Å². The molecule has 4 rings (SSSR count). The van der Waals surface area contributed by atoms with Crippen LogP contribution < -0.4 is 0 Å². The Labute approximate surface area is 150 Å². The summed E-state index contributed by atoms with van der Waals surface area (Å²) in [5.74, 6) is 1.31. The van der Waals surface area contributed by atoms with Crippen LogP contribution in [0, 0.1) is 17.3 Å². The number of esters is 1. The summed E-state index contributed by atoms with van der Waals surface area (Å²) >= 11 is 0. The molecule has 5 heteroatoms.